The number of carbonyl (C=O) groups excluding carboxylic acids is 1. The fourth-order valence-corrected chi connectivity index (χ4v) is 3.33. The van der Waals surface area contributed by atoms with Crippen LogP contribution in [0.5, 0.6) is 0 Å². The van der Waals surface area contributed by atoms with Crippen LogP contribution in [0.15, 0.2) is 65.7 Å². The molecule has 2 atom stereocenters. The second-order valence-corrected chi connectivity index (χ2v) is 8.12. The quantitative estimate of drug-likeness (QED) is 0.229. The molecule has 0 bridgehead atoms. The summed E-state index contributed by atoms with van der Waals surface area (Å²) in [5, 5.41) is 5.68. The summed E-state index contributed by atoms with van der Waals surface area (Å²) in [6, 6.07) is 13.5. The minimum absolute atomic E-state index is 0.111. The number of nitrogens with zero attached hydrogens (tertiary/aromatic N) is 1. The monoisotopic (exact) mass is 489 g/mol. The number of benzene rings is 3. The lowest BCUT2D eigenvalue weighted by Crippen LogP contribution is -2.46. The number of hydrogen-bond acceptors (Lipinski definition) is 3. The van der Waals surface area contributed by atoms with Gasteiger partial charge in [0, 0.05) is 22.3 Å². The minimum Gasteiger partial charge on any atom is -0.341 e. The van der Waals surface area contributed by atoms with Crippen LogP contribution in [-0.4, -0.2) is 18.0 Å². The molecule has 10 heteroatoms. The summed E-state index contributed by atoms with van der Waals surface area (Å²) in [5.74, 6) is -3.95. The highest BCUT2D eigenvalue weighted by Gasteiger charge is 2.16. The van der Waals surface area contributed by atoms with E-state index in [0.717, 1.165) is 41.5 Å². The Morgan fingerprint density at radius 1 is 1.00 bits per heavy atom. The van der Waals surface area contributed by atoms with Gasteiger partial charge in [-0.2, -0.15) is 4.99 Å². The van der Waals surface area contributed by atoms with Gasteiger partial charge in [0.05, 0.1) is 6.17 Å². The van der Waals surface area contributed by atoms with E-state index in [0.29, 0.717) is 0 Å². The van der Waals surface area contributed by atoms with Crippen LogP contribution in [-0.2, 0) is 0 Å². The smallest absolute Gasteiger partial charge is 0.280 e. The van der Waals surface area contributed by atoms with Crippen molar-refractivity contribution in [2.75, 3.05) is 5.32 Å². The Balaban J connectivity index is 1.82. The average molecular weight is 490 g/mol. The van der Waals surface area contributed by atoms with Gasteiger partial charge >= 0.3 is 0 Å². The number of guanidine groups is 1. The van der Waals surface area contributed by atoms with E-state index in [1.54, 1.807) is 0 Å². The molecule has 3 aromatic carbocycles. The Hall–Kier alpha value is -3.40. The first kappa shape index (κ1) is 25.2. The number of nitrogens with two attached hydrogens (primary N) is 2. The lowest BCUT2D eigenvalue weighted by atomic mass is 10.0. The number of aryl methyl sites for hydroxylation is 1. The Kier molecular flexibility index (Phi) is 8.27. The van der Waals surface area contributed by atoms with E-state index in [-0.39, 0.29) is 28.7 Å². The summed E-state index contributed by atoms with van der Waals surface area (Å²) < 4.78 is 40.5. The standard InChI is InChI=1S/C24H23ClF3N5O/c1-13-2-4-14(5-3-13)21(29)12-22(30)32-24(31-18-10-16(25)9-17(26)11-18)33-23(34)15-6-7-19(27)20(28)8-15/h2-11,21-22H,12,29-30H2,1H3,(H2,31,32,33,34). The van der Waals surface area contributed by atoms with Gasteiger partial charge in [0.2, 0.25) is 5.96 Å². The van der Waals surface area contributed by atoms with Gasteiger partial charge in [-0.25, -0.2) is 13.2 Å². The van der Waals surface area contributed by atoms with E-state index < -0.39 is 35.6 Å². The second kappa shape index (κ2) is 11.1. The third-order valence-corrected chi connectivity index (χ3v) is 5.06. The molecular weight excluding hydrogens is 467 g/mol. The largest absolute Gasteiger partial charge is 0.341 e. The molecular formula is C24H23ClF3N5O. The number of anilines is 1. The van der Waals surface area contributed by atoms with Crippen LogP contribution in [0.4, 0.5) is 18.9 Å². The summed E-state index contributed by atoms with van der Waals surface area (Å²) in [4.78, 5) is 16.5. The summed E-state index contributed by atoms with van der Waals surface area (Å²) >= 11 is 5.90. The maximum Gasteiger partial charge on any atom is 0.280 e. The average Bonchev–Trinajstić information content (AvgIpc) is 2.75. The van der Waals surface area contributed by atoms with Gasteiger partial charge in [0.1, 0.15) is 5.82 Å². The van der Waals surface area contributed by atoms with Crippen molar-refractivity contribution in [3.8, 4) is 0 Å². The van der Waals surface area contributed by atoms with Crippen molar-refractivity contribution in [2.45, 2.75) is 25.6 Å². The predicted molar refractivity (Wildman–Crippen MR) is 127 cm³/mol. The molecule has 6 N–H and O–H groups in total. The normalized spacial score (nSPS) is 13.3. The molecule has 0 aliphatic rings. The van der Waals surface area contributed by atoms with Gasteiger partial charge in [-0.1, -0.05) is 41.4 Å². The van der Waals surface area contributed by atoms with Crippen LogP contribution in [0.2, 0.25) is 5.02 Å². The van der Waals surface area contributed by atoms with Crippen molar-refractivity contribution in [3.63, 3.8) is 0 Å². The van der Waals surface area contributed by atoms with Gasteiger partial charge < -0.3 is 22.1 Å². The summed E-state index contributed by atoms with van der Waals surface area (Å²) in [6.07, 6.45) is -0.517. The highest BCUT2D eigenvalue weighted by atomic mass is 35.5. The molecule has 0 saturated heterocycles. The molecule has 2 unspecified atom stereocenters. The number of nitrogens with one attached hydrogen (secondary N) is 2. The van der Waals surface area contributed by atoms with Crippen molar-refractivity contribution >= 4 is 29.2 Å². The fraction of sp³-hybridized carbons (Fsp3) is 0.167. The third kappa shape index (κ3) is 7.05. The van der Waals surface area contributed by atoms with Crippen LogP contribution in [0.3, 0.4) is 0 Å². The molecule has 0 heterocycles. The van der Waals surface area contributed by atoms with Crippen LogP contribution < -0.4 is 22.1 Å². The Morgan fingerprint density at radius 3 is 2.35 bits per heavy atom. The number of rotatable bonds is 6. The molecule has 0 fully saturated rings. The first-order chi connectivity index (χ1) is 16.1. The third-order valence-electron chi connectivity index (χ3n) is 4.84. The van der Waals surface area contributed by atoms with Crippen LogP contribution in [0.25, 0.3) is 0 Å². The minimum atomic E-state index is -1.19. The van der Waals surface area contributed by atoms with Gasteiger partial charge in [0.15, 0.2) is 11.6 Å². The molecule has 3 rings (SSSR count). The van der Waals surface area contributed by atoms with Gasteiger partial charge in [-0.05, 0) is 55.3 Å². The molecule has 0 aliphatic heterocycles. The molecule has 0 aliphatic carbocycles. The molecule has 34 heavy (non-hydrogen) atoms. The van der Waals surface area contributed by atoms with E-state index in [1.165, 1.54) is 6.07 Å². The second-order valence-electron chi connectivity index (χ2n) is 7.68. The zero-order valence-electron chi connectivity index (χ0n) is 18.2. The summed E-state index contributed by atoms with van der Waals surface area (Å²) in [5.41, 5.74) is 14.4. The zero-order valence-corrected chi connectivity index (χ0v) is 18.9. The molecule has 3 aromatic rings. The van der Waals surface area contributed by atoms with Gasteiger partial charge in [0.25, 0.3) is 5.91 Å². The molecule has 0 aromatic heterocycles. The first-order valence-corrected chi connectivity index (χ1v) is 10.6. The van der Waals surface area contributed by atoms with Gasteiger partial charge in [-0.15, -0.1) is 0 Å². The first-order valence-electron chi connectivity index (χ1n) is 10.3. The van der Waals surface area contributed by atoms with Crippen LogP contribution in [0, 0.1) is 24.4 Å². The van der Waals surface area contributed by atoms with Crippen LogP contribution >= 0.6 is 11.6 Å². The SMILES string of the molecule is Cc1ccc(C(N)CC(N)N/C(=N\C(=O)c2ccc(F)c(F)c2)Nc2cc(F)cc(Cl)c2)cc1. The molecule has 0 radical (unpaired) electrons. The number of hydrogen-bond donors (Lipinski definition) is 4. The molecule has 1 amide bonds. The Morgan fingerprint density at radius 2 is 1.71 bits per heavy atom. The molecule has 0 saturated carbocycles. The summed E-state index contributed by atoms with van der Waals surface area (Å²) in [6.45, 7) is 1.96. The molecule has 178 valence electrons. The van der Waals surface area contributed by atoms with E-state index in [9.17, 15) is 18.0 Å². The molecule has 0 spiro atoms. The van der Waals surface area contributed by atoms with Crippen LogP contribution in [0.1, 0.15) is 33.9 Å². The highest BCUT2D eigenvalue weighted by Crippen LogP contribution is 2.19. The van der Waals surface area contributed by atoms with Crippen molar-refractivity contribution in [1.29, 1.82) is 0 Å². The summed E-state index contributed by atoms with van der Waals surface area (Å²) in [7, 11) is 0. The lowest BCUT2D eigenvalue weighted by molar-refractivity contribution is 0.100. The zero-order chi connectivity index (χ0) is 24.8. The van der Waals surface area contributed by atoms with E-state index in [4.69, 9.17) is 23.1 Å². The van der Waals surface area contributed by atoms with Crippen molar-refractivity contribution < 1.29 is 18.0 Å². The maximum atomic E-state index is 13.8. The fourth-order valence-electron chi connectivity index (χ4n) is 3.11. The number of amides is 1. The number of aliphatic imine (C=N–C) groups is 1. The Bertz CT molecular complexity index is 1180. The number of halogens is 4. The predicted octanol–water partition coefficient (Wildman–Crippen LogP) is 4.64. The van der Waals surface area contributed by atoms with Gasteiger partial charge in [-0.3, -0.25) is 4.79 Å². The maximum absolute atomic E-state index is 13.8. The van der Waals surface area contributed by atoms with E-state index in [1.807, 2.05) is 31.2 Å². The topological polar surface area (TPSA) is 106 Å². The molecule has 6 nitrogen and oxygen atoms in total. The number of carbonyl (C=O) groups is 1. The van der Waals surface area contributed by atoms with E-state index in [2.05, 4.69) is 15.6 Å². The Labute approximate surface area is 199 Å². The van der Waals surface area contributed by atoms with E-state index >= 15 is 0 Å². The lowest BCUT2D eigenvalue weighted by Gasteiger charge is -2.21. The van der Waals surface area contributed by atoms with Crippen molar-refractivity contribution in [3.05, 3.63) is 99.8 Å². The van der Waals surface area contributed by atoms with Crippen molar-refractivity contribution in [1.82, 2.24) is 5.32 Å². The van der Waals surface area contributed by atoms with Crippen molar-refractivity contribution in [2.24, 2.45) is 16.5 Å². The highest BCUT2D eigenvalue weighted by molar-refractivity contribution is 6.31.